The number of nitrogens with two attached hydrogens (primary N) is 1. The van der Waals surface area contributed by atoms with E-state index in [0.29, 0.717) is 5.56 Å². The average Bonchev–Trinajstić information content (AvgIpc) is 2.97. The van der Waals surface area contributed by atoms with Gasteiger partial charge in [0, 0.05) is 0 Å². The van der Waals surface area contributed by atoms with Crippen molar-refractivity contribution in [2.45, 2.75) is 0 Å². The van der Waals surface area contributed by atoms with Crippen molar-refractivity contribution >= 4 is 17.2 Å². The number of aromatic nitrogens is 5. The second-order valence-electron chi connectivity index (χ2n) is 4.02. The SMILES string of the molecule is NC(=S)c1ccnnc1Oc1ncn(-c2ccccc2)n1. The van der Waals surface area contributed by atoms with Crippen LogP contribution in [0.5, 0.6) is 11.9 Å². The number of nitrogens with zero attached hydrogens (tertiary/aromatic N) is 5. The van der Waals surface area contributed by atoms with Gasteiger partial charge in [-0.3, -0.25) is 0 Å². The predicted octanol–water partition coefficient (Wildman–Crippen LogP) is 1.48. The molecule has 0 radical (unpaired) electrons. The molecule has 2 aromatic heterocycles. The number of ether oxygens (including phenoxy) is 1. The highest BCUT2D eigenvalue weighted by atomic mass is 32.1. The lowest BCUT2D eigenvalue weighted by atomic mass is 10.3. The molecular weight excluding hydrogens is 288 g/mol. The molecule has 104 valence electrons. The fraction of sp³-hybridized carbons (Fsp3) is 0. The van der Waals surface area contributed by atoms with Crippen molar-refractivity contribution in [1.82, 2.24) is 25.0 Å². The van der Waals surface area contributed by atoms with Crippen LogP contribution in [-0.2, 0) is 0 Å². The number of thiocarbonyl (C=S) groups is 1. The minimum absolute atomic E-state index is 0.136. The first-order valence-corrected chi connectivity index (χ1v) is 6.41. The molecule has 0 amide bonds. The molecule has 3 rings (SSSR count). The maximum atomic E-state index is 5.60. The van der Waals surface area contributed by atoms with E-state index in [4.69, 9.17) is 22.7 Å². The van der Waals surface area contributed by atoms with Crippen molar-refractivity contribution in [3.8, 4) is 17.6 Å². The molecule has 1 aromatic carbocycles. The highest BCUT2D eigenvalue weighted by Crippen LogP contribution is 2.19. The lowest BCUT2D eigenvalue weighted by Gasteiger charge is -2.04. The van der Waals surface area contributed by atoms with Crippen molar-refractivity contribution in [2.24, 2.45) is 5.73 Å². The van der Waals surface area contributed by atoms with Crippen LogP contribution in [0.1, 0.15) is 5.56 Å². The predicted molar refractivity (Wildman–Crippen MR) is 79.4 cm³/mol. The zero-order valence-corrected chi connectivity index (χ0v) is 11.6. The van der Waals surface area contributed by atoms with E-state index in [1.54, 1.807) is 17.1 Å². The zero-order chi connectivity index (χ0) is 14.7. The fourth-order valence-corrected chi connectivity index (χ4v) is 1.82. The van der Waals surface area contributed by atoms with Gasteiger partial charge in [0.15, 0.2) is 0 Å². The van der Waals surface area contributed by atoms with Gasteiger partial charge < -0.3 is 10.5 Å². The number of benzene rings is 1. The quantitative estimate of drug-likeness (QED) is 0.729. The third kappa shape index (κ3) is 2.84. The molecule has 0 atom stereocenters. The fourth-order valence-electron chi connectivity index (χ4n) is 1.67. The van der Waals surface area contributed by atoms with Crippen LogP contribution in [0, 0.1) is 0 Å². The Hall–Kier alpha value is -2.87. The van der Waals surface area contributed by atoms with E-state index in [0.717, 1.165) is 5.69 Å². The van der Waals surface area contributed by atoms with E-state index in [1.807, 2.05) is 30.3 Å². The number of para-hydroxylation sites is 1. The van der Waals surface area contributed by atoms with Crippen LogP contribution in [0.2, 0.25) is 0 Å². The van der Waals surface area contributed by atoms with Gasteiger partial charge in [-0.05, 0) is 18.2 Å². The molecule has 0 aliphatic heterocycles. The van der Waals surface area contributed by atoms with Crippen LogP contribution in [0.15, 0.2) is 48.9 Å². The highest BCUT2D eigenvalue weighted by Gasteiger charge is 2.12. The second kappa shape index (κ2) is 5.63. The van der Waals surface area contributed by atoms with Crippen molar-refractivity contribution < 1.29 is 4.74 Å². The summed E-state index contributed by atoms with van der Waals surface area (Å²) in [5.74, 6) is 0.177. The first kappa shape index (κ1) is 13.1. The summed E-state index contributed by atoms with van der Waals surface area (Å²) >= 11 is 4.93. The summed E-state index contributed by atoms with van der Waals surface area (Å²) in [4.78, 5) is 4.23. The number of rotatable bonds is 4. The first-order chi connectivity index (χ1) is 10.2. The third-order valence-corrected chi connectivity index (χ3v) is 2.85. The number of hydrogen-bond donors (Lipinski definition) is 1. The van der Waals surface area contributed by atoms with Crippen molar-refractivity contribution in [3.05, 3.63) is 54.5 Å². The monoisotopic (exact) mass is 298 g/mol. The minimum Gasteiger partial charge on any atom is -0.402 e. The topological polar surface area (TPSA) is 91.7 Å². The minimum atomic E-state index is 0.136. The van der Waals surface area contributed by atoms with Crippen LogP contribution in [0.4, 0.5) is 0 Å². The molecule has 3 aromatic rings. The Balaban J connectivity index is 1.87. The molecular formula is C13H10N6OS. The molecule has 0 spiro atoms. The average molecular weight is 298 g/mol. The summed E-state index contributed by atoms with van der Waals surface area (Å²) in [7, 11) is 0. The maximum absolute atomic E-state index is 5.60. The van der Waals surface area contributed by atoms with Gasteiger partial charge >= 0.3 is 6.01 Å². The molecule has 8 heteroatoms. The van der Waals surface area contributed by atoms with E-state index in [-0.39, 0.29) is 16.9 Å². The number of hydrogen-bond acceptors (Lipinski definition) is 6. The molecule has 0 fully saturated rings. The van der Waals surface area contributed by atoms with Crippen molar-refractivity contribution in [3.63, 3.8) is 0 Å². The first-order valence-electron chi connectivity index (χ1n) is 6.00. The Kier molecular flexibility index (Phi) is 3.52. The second-order valence-corrected chi connectivity index (χ2v) is 4.46. The molecule has 0 unspecified atom stereocenters. The molecule has 0 saturated carbocycles. The Labute approximate surface area is 125 Å². The Morgan fingerprint density at radius 1 is 1.19 bits per heavy atom. The molecule has 2 N–H and O–H groups in total. The van der Waals surface area contributed by atoms with Crippen molar-refractivity contribution in [1.29, 1.82) is 0 Å². The molecule has 7 nitrogen and oxygen atoms in total. The van der Waals surface area contributed by atoms with Crippen molar-refractivity contribution in [2.75, 3.05) is 0 Å². The molecule has 0 aliphatic rings. The highest BCUT2D eigenvalue weighted by molar-refractivity contribution is 7.80. The van der Waals surface area contributed by atoms with Gasteiger partial charge in [-0.25, -0.2) is 4.68 Å². The van der Waals surface area contributed by atoms with E-state index in [2.05, 4.69) is 20.3 Å². The molecule has 21 heavy (non-hydrogen) atoms. The van der Waals surface area contributed by atoms with E-state index < -0.39 is 0 Å². The van der Waals surface area contributed by atoms with Gasteiger partial charge in [-0.1, -0.05) is 30.4 Å². The molecule has 0 aliphatic carbocycles. The van der Waals surface area contributed by atoms with Gasteiger partial charge in [-0.2, -0.15) is 10.1 Å². The summed E-state index contributed by atoms with van der Waals surface area (Å²) in [6.07, 6.45) is 3.03. The summed E-state index contributed by atoms with van der Waals surface area (Å²) < 4.78 is 7.08. The normalized spacial score (nSPS) is 10.3. The summed E-state index contributed by atoms with van der Waals surface area (Å²) in [5, 5.41) is 11.8. The van der Waals surface area contributed by atoms with E-state index in [1.165, 1.54) is 6.20 Å². The van der Waals surface area contributed by atoms with E-state index in [9.17, 15) is 0 Å². The Bertz CT molecular complexity index is 773. The lowest BCUT2D eigenvalue weighted by Crippen LogP contribution is -2.12. The maximum Gasteiger partial charge on any atom is 0.342 e. The third-order valence-electron chi connectivity index (χ3n) is 2.63. The molecule has 0 saturated heterocycles. The van der Waals surface area contributed by atoms with Gasteiger partial charge in [0.25, 0.3) is 5.88 Å². The Morgan fingerprint density at radius 3 is 2.76 bits per heavy atom. The lowest BCUT2D eigenvalue weighted by molar-refractivity contribution is 0.417. The summed E-state index contributed by atoms with van der Waals surface area (Å²) in [6, 6.07) is 11.3. The van der Waals surface area contributed by atoms with Crippen LogP contribution in [0.3, 0.4) is 0 Å². The largest absolute Gasteiger partial charge is 0.402 e. The van der Waals surface area contributed by atoms with Gasteiger partial charge in [-0.15, -0.1) is 10.2 Å². The van der Waals surface area contributed by atoms with Gasteiger partial charge in [0.2, 0.25) is 0 Å². The van der Waals surface area contributed by atoms with Gasteiger partial charge in [0.1, 0.15) is 11.3 Å². The van der Waals surface area contributed by atoms with Crippen LogP contribution in [0.25, 0.3) is 5.69 Å². The van der Waals surface area contributed by atoms with Crippen LogP contribution in [-0.4, -0.2) is 30.0 Å². The van der Waals surface area contributed by atoms with Gasteiger partial charge in [0.05, 0.1) is 17.4 Å². The summed E-state index contributed by atoms with van der Waals surface area (Å²) in [5.41, 5.74) is 6.95. The van der Waals surface area contributed by atoms with Crippen LogP contribution < -0.4 is 10.5 Å². The van der Waals surface area contributed by atoms with Crippen LogP contribution >= 0.6 is 12.2 Å². The Morgan fingerprint density at radius 2 is 2.00 bits per heavy atom. The standard InChI is InChI=1S/C13H10N6OS/c14-11(21)10-6-7-16-17-12(10)20-13-15-8-19(18-13)9-4-2-1-3-5-9/h1-8H,(H2,14,21). The molecule has 2 heterocycles. The molecule has 0 bridgehead atoms. The zero-order valence-electron chi connectivity index (χ0n) is 10.7. The summed E-state index contributed by atoms with van der Waals surface area (Å²) in [6.45, 7) is 0. The van der Waals surface area contributed by atoms with E-state index >= 15 is 0 Å². The smallest absolute Gasteiger partial charge is 0.342 e.